The molecule has 2 atom stereocenters. The van der Waals surface area contributed by atoms with Crippen LogP contribution in [0, 0.1) is 0 Å². The minimum absolute atomic E-state index is 0.241. The van der Waals surface area contributed by atoms with Gasteiger partial charge < -0.3 is 10.6 Å². The van der Waals surface area contributed by atoms with Gasteiger partial charge in [0, 0.05) is 13.6 Å². The molecule has 24 heavy (non-hydrogen) atoms. The second-order valence-corrected chi connectivity index (χ2v) is 5.63. The number of benzene rings is 2. The summed E-state index contributed by atoms with van der Waals surface area (Å²) in [5.41, 5.74) is 2.02. The van der Waals surface area contributed by atoms with Crippen molar-refractivity contribution in [3.8, 4) is 0 Å². The lowest BCUT2D eigenvalue weighted by molar-refractivity contribution is -0.122. The Hall–Kier alpha value is -2.66. The van der Waals surface area contributed by atoms with E-state index in [2.05, 4.69) is 35.0 Å². The van der Waals surface area contributed by atoms with Crippen LogP contribution in [0.2, 0.25) is 0 Å². The molecular weight excluding hydrogens is 302 g/mol. The lowest BCUT2D eigenvalue weighted by Crippen LogP contribution is -2.44. The van der Waals surface area contributed by atoms with Crippen molar-refractivity contribution in [3.63, 3.8) is 0 Å². The second-order valence-electron chi connectivity index (χ2n) is 5.63. The first-order valence-corrected chi connectivity index (χ1v) is 7.97. The molecule has 2 rings (SSSR count). The molecule has 0 spiro atoms. The summed E-state index contributed by atoms with van der Waals surface area (Å²) in [5.74, 6) is -0.133. The number of carbonyl (C=O) groups is 2. The van der Waals surface area contributed by atoms with Crippen molar-refractivity contribution in [1.29, 1.82) is 0 Å². The van der Waals surface area contributed by atoms with Crippen molar-refractivity contribution < 1.29 is 9.59 Å². The van der Waals surface area contributed by atoms with Gasteiger partial charge in [-0.25, -0.2) is 4.79 Å². The van der Waals surface area contributed by atoms with Crippen molar-refractivity contribution in [2.75, 3.05) is 13.6 Å². The molecule has 3 amide bonds. The third kappa shape index (κ3) is 4.93. The molecule has 0 unspecified atom stereocenters. The van der Waals surface area contributed by atoms with Gasteiger partial charge in [0.05, 0.1) is 0 Å². The topological polar surface area (TPSA) is 70.2 Å². The smallest absolute Gasteiger partial charge is 0.321 e. The van der Waals surface area contributed by atoms with Crippen LogP contribution in [-0.2, 0) is 4.79 Å². The van der Waals surface area contributed by atoms with E-state index < -0.39 is 12.1 Å². The first kappa shape index (κ1) is 17.7. The minimum atomic E-state index is -0.588. The van der Waals surface area contributed by atoms with Crippen molar-refractivity contribution in [3.05, 3.63) is 71.8 Å². The summed E-state index contributed by atoms with van der Waals surface area (Å²) in [6.07, 6.45) is 0. The molecule has 0 saturated heterocycles. The van der Waals surface area contributed by atoms with Crippen LogP contribution in [-0.4, -0.2) is 25.5 Å². The number of carbonyl (C=O) groups excluding carboxylic acids is 2. The molecule has 0 saturated carbocycles. The van der Waals surface area contributed by atoms with E-state index in [0.29, 0.717) is 6.54 Å². The Bertz CT molecular complexity index is 659. The van der Waals surface area contributed by atoms with Gasteiger partial charge in [-0.1, -0.05) is 67.6 Å². The summed E-state index contributed by atoms with van der Waals surface area (Å²) < 4.78 is 0. The number of urea groups is 1. The Morgan fingerprint density at radius 3 is 2.00 bits per heavy atom. The zero-order valence-electron chi connectivity index (χ0n) is 14.0. The number of amides is 3. The first-order valence-electron chi connectivity index (χ1n) is 7.97. The molecule has 0 bridgehead atoms. The fourth-order valence-corrected chi connectivity index (χ4v) is 2.45. The van der Waals surface area contributed by atoms with Gasteiger partial charge in [-0.3, -0.25) is 10.1 Å². The van der Waals surface area contributed by atoms with Crippen LogP contribution in [0.1, 0.15) is 30.0 Å². The number of imide groups is 1. The maximum atomic E-state index is 12.4. The van der Waals surface area contributed by atoms with Crippen molar-refractivity contribution in [2.45, 2.75) is 18.9 Å². The number of nitrogens with one attached hydrogen (secondary N) is 3. The van der Waals surface area contributed by atoms with Gasteiger partial charge in [-0.15, -0.1) is 0 Å². The average Bonchev–Trinajstić information content (AvgIpc) is 2.63. The molecule has 0 heterocycles. The third-order valence-corrected chi connectivity index (χ3v) is 3.86. The van der Waals surface area contributed by atoms with Gasteiger partial charge in [-0.05, 0) is 17.0 Å². The van der Waals surface area contributed by atoms with Crippen LogP contribution >= 0.6 is 0 Å². The van der Waals surface area contributed by atoms with Crippen LogP contribution in [0.25, 0.3) is 0 Å². The maximum absolute atomic E-state index is 12.4. The van der Waals surface area contributed by atoms with E-state index in [0.717, 1.165) is 5.56 Å². The third-order valence-electron chi connectivity index (χ3n) is 3.86. The molecule has 126 valence electrons. The molecule has 5 heteroatoms. The molecule has 0 radical (unpaired) electrons. The number of rotatable bonds is 6. The lowest BCUT2D eigenvalue weighted by atomic mass is 10.00. The van der Waals surface area contributed by atoms with E-state index in [-0.39, 0.29) is 11.8 Å². The quantitative estimate of drug-likeness (QED) is 0.764. The minimum Gasteiger partial charge on any atom is -0.341 e. The normalized spacial score (nSPS) is 12.9. The highest BCUT2D eigenvalue weighted by molar-refractivity contribution is 5.97. The Labute approximate surface area is 142 Å². The van der Waals surface area contributed by atoms with E-state index >= 15 is 0 Å². The van der Waals surface area contributed by atoms with Gasteiger partial charge >= 0.3 is 6.03 Å². The highest BCUT2D eigenvalue weighted by Gasteiger charge is 2.22. The standard InChI is InChI=1S/C19H23N3O2/c1-14(15-9-5-3-6-10-15)13-21-17(16-11-7-4-8-12-16)18(23)22-19(24)20-2/h3-12,14,17,21H,13H2,1-2H3,(H2,20,22,23,24)/t14-,17-/m1/s1. The largest absolute Gasteiger partial charge is 0.341 e. The number of hydrogen-bond acceptors (Lipinski definition) is 3. The average molecular weight is 325 g/mol. The molecule has 0 aromatic heterocycles. The van der Waals surface area contributed by atoms with E-state index in [1.54, 1.807) is 0 Å². The zero-order chi connectivity index (χ0) is 17.4. The molecule has 0 aliphatic heterocycles. The van der Waals surface area contributed by atoms with E-state index in [1.807, 2.05) is 48.5 Å². The van der Waals surface area contributed by atoms with Gasteiger partial charge in [-0.2, -0.15) is 0 Å². The highest BCUT2D eigenvalue weighted by Crippen LogP contribution is 2.17. The summed E-state index contributed by atoms with van der Waals surface area (Å²) in [6, 6.07) is 18.4. The molecule has 0 fully saturated rings. The summed E-state index contributed by atoms with van der Waals surface area (Å²) >= 11 is 0. The number of hydrogen-bond donors (Lipinski definition) is 3. The fraction of sp³-hybridized carbons (Fsp3) is 0.263. The molecule has 5 nitrogen and oxygen atoms in total. The Kier molecular flexibility index (Phi) is 6.51. The van der Waals surface area contributed by atoms with Crippen LogP contribution in [0.4, 0.5) is 4.79 Å². The van der Waals surface area contributed by atoms with Crippen molar-refractivity contribution in [2.24, 2.45) is 0 Å². The predicted octanol–water partition coefficient (Wildman–Crippen LogP) is 2.58. The van der Waals surface area contributed by atoms with E-state index in [9.17, 15) is 9.59 Å². The van der Waals surface area contributed by atoms with Gasteiger partial charge in [0.2, 0.25) is 5.91 Å². The van der Waals surface area contributed by atoms with Crippen molar-refractivity contribution in [1.82, 2.24) is 16.0 Å². The SMILES string of the molecule is CNC(=O)NC(=O)[C@H](NC[C@@H](C)c1ccccc1)c1ccccc1. The Morgan fingerprint density at radius 2 is 1.46 bits per heavy atom. The molecule has 0 aliphatic rings. The fourth-order valence-electron chi connectivity index (χ4n) is 2.45. The Balaban J connectivity index is 2.08. The summed E-state index contributed by atoms with van der Waals surface area (Å²) in [4.78, 5) is 23.9. The summed E-state index contributed by atoms with van der Waals surface area (Å²) in [5, 5.41) is 8.01. The first-order chi connectivity index (χ1) is 11.6. The van der Waals surface area contributed by atoms with Crippen LogP contribution < -0.4 is 16.0 Å². The van der Waals surface area contributed by atoms with Crippen LogP contribution in [0.3, 0.4) is 0 Å². The highest BCUT2D eigenvalue weighted by atomic mass is 16.2. The van der Waals surface area contributed by atoms with Crippen LogP contribution in [0.15, 0.2) is 60.7 Å². The zero-order valence-corrected chi connectivity index (χ0v) is 14.0. The van der Waals surface area contributed by atoms with Crippen LogP contribution in [0.5, 0.6) is 0 Å². The summed E-state index contributed by atoms with van der Waals surface area (Å²) in [7, 11) is 1.48. The molecule has 2 aromatic carbocycles. The Morgan fingerprint density at radius 1 is 0.917 bits per heavy atom. The monoisotopic (exact) mass is 325 g/mol. The van der Waals surface area contributed by atoms with Crippen molar-refractivity contribution >= 4 is 11.9 Å². The van der Waals surface area contributed by atoms with Gasteiger partial charge in [0.1, 0.15) is 6.04 Å². The van der Waals surface area contributed by atoms with Gasteiger partial charge in [0.25, 0.3) is 0 Å². The second kappa shape index (κ2) is 8.84. The van der Waals surface area contributed by atoms with E-state index in [1.165, 1.54) is 12.6 Å². The van der Waals surface area contributed by atoms with E-state index in [4.69, 9.17) is 0 Å². The molecule has 2 aromatic rings. The molecule has 3 N–H and O–H groups in total. The summed E-state index contributed by atoms with van der Waals surface area (Å²) in [6.45, 7) is 2.71. The maximum Gasteiger partial charge on any atom is 0.321 e. The lowest BCUT2D eigenvalue weighted by Gasteiger charge is -2.21. The molecule has 0 aliphatic carbocycles. The van der Waals surface area contributed by atoms with Gasteiger partial charge in [0.15, 0.2) is 0 Å². The molecular formula is C19H23N3O2. The predicted molar refractivity (Wildman–Crippen MR) is 94.6 cm³/mol.